The predicted molar refractivity (Wildman–Crippen MR) is 112 cm³/mol. The second-order valence-corrected chi connectivity index (χ2v) is 7.00. The molecule has 0 bridgehead atoms. The van der Waals surface area contributed by atoms with Crippen molar-refractivity contribution >= 4 is 11.8 Å². The number of carbonyl (C=O) groups is 2. The molecule has 0 aliphatic carbocycles. The van der Waals surface area contributed by atoms with Crippen LogP contribution in [0.25, 0.3) is 0 Å². The van der Waals surface area contributed by atoms with Gasteiger partial charge in [-0.15, -0.1) is 0 Å². The zero-order chi connectivity index (χ0) is 20.6. The molecule has 3 aromatic rings. The molecule has 3 rings (SSSR count). The Labute approximate surface area is 171 Å². The lowest BCUT2D eigenvalue weighted by Crippen LogP contribution is -2.48. The number of rotatable bonds is 8. The highest BCUT2D eigenvalue weighted by Gasteiger charge is 2.25. The first kappa shape index (κ1) is 20.3. The molecule has 1 N–H and O–H groups in total. The minimum Gasteiger partial charge on any atom is -0.354 e. The zero-order valence-electron chi connectivity index (χ0n) is 16.8. The Hall–Kier alpha value is -3.41. The summed E-state index contributed by atoms with van der Waals surface area (Å²) in [4.78, 5) is 31.5. The number of aryl methyl sites for hydroxylation is 1. The Balaban J connectivity index is 1.75. The van der Waals surface area contributed by atoms with E-state index in [0.717, 1.165) is 17.7 Å². The van der Waals surface area contributed by atoms with Gasteiger partial charge in [0.1, 0.15) is 6.04 Å². The fourth-order valence-corrected chi connectivity index (χ4v) is 3.19. The summed E-state index contributed by atoms with van der Waals surface area (Å²) in [5, 5.41) is 2.89. The van der Waals surface area contributed by atoms with Crippen molar-refractivity contribution in [1.82, 2.24) is 19.8 Å². The molecule has 2 amide bonds. The van der Waals surface area contributed by atoms with E-state index in [2.05, 4.69) is 21.8 Å². The van der Waals surface area contributed by atoms with Gasteiger partial charge in [0.05, 0.1) is 5.56 Å². The minimum absolute atomic E-state index is 0.129. The molecular formula is C23H26N4O2. The number of aromatic nitrogens is 2. The number of benzene rings is 1. The van der Waals surface area contributed by atoms with E-state index in [1.54, 1.807) is 30.3 Å². The first-order chi connectivity index (χ1) is 14.1. The molecule has 0 aliphatic rings. The Bertz CT molecular complexity index is 938. The van der Waals surface area contributed by atoms with Crippen molar-refractivity contribution in [3.8, 4) is 0 Å². The number of hydrogen-bond acceptors (Lipinski definition) is 3. The van der Waals surface area contributed by atoms with Crippen molar-refractivity contribution in [3.63, 3.8) is 0 Å². The van der Waals surface area contributed by atoms with Gasteiger partial charge >= 0.3 is 0 Å². The molecule has 2 heterocycles. The first-order valence-electron chi connectivity index (χ1n) is 9.71. The standard InChI is InChI=1S/C23H26N4O2/c1-3-27-13-11-19(17-27)16-26(2)23(29)21(14-18-8-5-4-6-9-18)25-22(28)20-10-7-12-24-15-20/h4-13,15,17,21H,3,14,16H2,1-2H3,(H,25,28)/t21-/m1/s1. The van der Waals surface area contributed by atoms with Crippen molar-refractivity contribution < 1.29 is 9.59 Å². The lowest BCUT2D eigenvalue weighted by atomic mass is 10.0. The van der Waals surface area contributed by atoms with E-state index in [9.17, 15) is 9.59 Å². The summed E-state index contributed by atoms with van der Waals surface area (Å²) in [6.07, 6.45) is 7.56. The smallest absolute Gasteiger partial charge is 0.253 e. The van der Waals surface area contributed by atoms with E-state index in [1.165, 1.54) is 6.20 Å². The van der Waals surface area contributed by atoms with Crippen molar-refractivity contribution in [2.24, 2.45) is 0 Å². The van der Waals surface area contributed by atoms with Crippen molar-refractivity contribution in [3.05, 3.63) is 90.0 Å². The number of nitrogens with one attached hydrogen (secondary N) is 1. The maximum Gasteiger partial charge on any atom is 0.253 e. The van der Waals surface area contributed by atoms with Crippen LogP contribution in [0.15, 0.2) is 73.3 Å². The van der Waals surface area contributed by atoms with Gasteiger partial charge in [-0.1, -0.05) is 30.3 Å². The van der Waals surface area contributed by atoms with E-state index < -0.39 is 6.04 Å². The number of pyridine rings is 1. The zero-order valence-corrected chi connectivity index (χ0v) is 16.8. The predicted octanol–water partition coefficient (Wildman–Crippen LogP) is 2.90. The molecule has 2 aromatic heterocycles. The Morgan fingerprint density at radius 3 is 2.55 bits per heavy atom. The van der Waals surface area contributed by atoms with Crippen molar-refractivity contribution in [2.75, 3.05) is 7.05 Å². The summed E-state index contributed by atoms with van der Waals surface area (Å²) in [5.41, 5.74) is 2.48. The summed E-state index contributed by atoms with van der Waals surface area (Å²) >= 11 is 0. The lowest BCUT2D eigenvalue weighted by Gasteiger charge is -2.24. The molecule has 1 aromatic carbocycles. The third-order valence-corrected chi connectivity index (χ3v) is 4.78. The van der Waals surface area contributed by atoms with Gasteiger partial charge in [-0.25, -0.2) is 0 Å². The highest BCUT2D eigenvalue weighted by Crippen LogP contribution is 2.10. The molecule has 29 heavy (non-hydrogen) atoms. The maximum absolute atomic E-state index is 13.2. The minimum atomic E-state index is -0.664. The molecule has 0 aliphatic heterocycles. The molecule has 6 heteroatoms. The maximum atomic E-state index is 13.2. The fourth-order valence-electron chi connectivity index (χ4n) is 3.19. The third-order valence-electron chi connectivity index (χ3n) is 4.78. The molecule has 0 saturated heterocycles. The largest absolute Gasteiger partial charge is 0.354 e. The highest BCUT2D eigenvalue weighted by molar-refractivity contribution is 5.97. The van der Waals surface area contributed by atoms with Crippen LogP contribution < -0.4 is 5.32 Å². The van der Waals surface area contributed by atoms with E-state index >= 15 is 0 Å². The molecule has 0 radical (unpaired) electrons. The van der Waals surface area contributed by atoms with Gasteiger partial charge in [0, 0.05) is 51.3 Å². The molecule has 150 valence electrons. The average Bonchev–Trinajstić information content (AvgIpc) is 3.21. The second kappa shape index (κ2) is 9.68. The monoisotopic (exact) mass is 390 g/mol. The Morgan fingerprint density at radius 2 is 1.90 bits per heavy atom. The van der Waals surface area contributed by atoms with Gasteiger partial charge in [-0.05, 0) is 36.2 Å². The van der Waals surface area contributed by atoms with Crippen LogP contribution in [-0.2, 0) is 24.3 Å². The number of nitrogens with zero attached hydrogens (tertiary/aromatic N) is 3. The van der Waals surface area contributed by atoms with Crippen LogP contribution in [0.2, 0.25) is 0 Å². The van der Waals surface area contributed by atoms with Crippen LogP contribution in [0.3, 0.4) is 0 Å². The quantitative estimate of drug-likeness (QED) is 0.643. The molecule has 6 nitrogen and oxygen atoms in total. The van der Waals surface area contributed by atoms with Crippen molar-refractivity contribution in [2.45, 2.75) is 32.5 Å². The third kappa shape index (κ3) is 5.54. The lowest BCUT2D eigenvalue weighted by molar-refractivity contribution is -0.132. The summed E-state index contributed by atoms with van der Waals surface area (Å²) in [6.45, 7) is 3.44. The van der Waals surface area contributed by atoms with Crippen LogP contribution in [0, 0.1) is 0 Å². The molecule has 0 unspecified atom stereocenters. The summed E-state index contributed by atoms with van der Waals surface area (Å²) in [6, 6.07) is 14.4. The van der Waals surface area contributed by atoms with Crippen LogP contribution in [0.4, 0.5) is 0 Å². The molecular weight excluding hydrogens is 364 g/mol. The number of amides is 2. The summed E-state index contributed by atoms with van der Waals surface area (Å²) < 4.78 is 2.07. The number of carbonyl (C=O) groups excluding carboxylic acids is 2. The molecule has 0 spiro atoms. The van der Waals surface area contributed by atoms with Crippen molar-refractivity contribution in [1.29, 1.82) is 0 Å². The van der Waals surface area contributed by atoms with Gasteiger partial charge in [0.25, 0.3) is 5.91 Å². The fraction of sp³-hybridized carbons (Fsp3) is 0.261. The first-order valence-corrected chi connectivity index (χ1v) is 9.71. The van der Waals surface area contributed by atoms with Crippen LogP contribution in [-0.4, -0.2) is 39.4 Å². The Kier molecular flexibility index (Phi) is 6.79. The molecule has 0 saturated carbocycles. The highest BCUT2D eigenvalue weighted by atomic mass is 16.2. The van der Waals surface area contributed by atoms with Gasteiger partial charge in [-0.2, -0.15) is 0 Å². The second-order valence-electron chi connectivity index (χ2n) is 7.00. The van der Waals surface area contributed by atoms with Gasteiger partial charge < -0.3 is 14.8 Å². The van der Waals surface area contributed by atoms with Crippen LogP contribution in [0.5, 0.6) is 0 Å². The average molecular weight is 390 g/mol. The Morgan fingerprint density at radius 1 is 1.10 bits per heavy atom. The molecule has 1 atom stereocenters. The van der Waals surface area contributed by atoms with E-state index in [-0.39, 0.29) is 11.8 Å². The number of hydrogen-bond donors (Lipinski definition) is 1. The summed E-state index contributed by atoms with van der Waals surface area (Å²) in [7, 11) is 1.76. The SMILES string of the molecule is CCn1ccc(CN(C)C(=O)[C@@H](Cc2ccccc2)NC(=O)c2cccnc2)c1. The number of likely N-dealkylation sites (N-methyl/N-ethyl adjacent to an activating group) is 1. The van der Waals surface area contributed by atoms with Gasteiger partial charge in [0.2, 0.25) is 5.91 Å². The van der Waals surface area contributed by atoms with Gasteiger partial charge in [0.15, 0.2) is 0 Å². The van der Waals surface area contributed by atoms with E-state index in [1.807, 2.05) is 48.8 Å². The van der Waals surface area contributed by atoms with E-state index in [4.69, 9.17) is 0 Å². The normalized spacial score (nSPS) is 11.7. The van der Waals surface area contributed by atoms with Crippen LogP contribution in [0.1, 0.15) is 28.4 Å². The van der Waals surface area contributed by atoms with Gasteiger partial charge in [-0.3, -0.25) is 14.6 Å². The topological polar surface area (TPSA) is 67.2 Å². The van der Waals surface area contributed by atoms with Crippen LogP contribution >= 0.6 is 0 Å². The van der Waals surface area contributed by atoms with E-state index in [0.29, 0.717) is 18.5 Å². The molecule has 0 fully saturated rings. The summed E-state index contributed by atoms with van der Waals surface area (Å²) in [5.74, 6) is -0.437.